The maximum Gasteiger partial charge on any atom is 0.336 e. The molecule has 1 amide bonds. The zero-order valence-corrected chi connectivity index (χ0v) is 25.0. The van der Waals surface area contributed by atoms with Crippen molar-refractivity contribution >= 4 is 45.5 Å². The van der Waals surface area contributed by atoms with Crippen LogP contribution in [0.1, 0.15) is 67.8 Å². The van der Waals surface area contributed by atoms with Gasteiger partial charge >= 0.3 is 5.97 Å². The minimum absolute atomic E-state index is 0.0845. The molecule has 214 valence electrons. The lowest BCUT2D eigenvalue weighted by Crippen LogP contribution is -2.27. The fourth-order valence-corrected chi connectivity index (χ4v) is 6.13. The summed E-state index contributed by atoms with van der Waals surface area (Å²) in [7, 11) is 0. The van der Waals surface area contributed by atoms with E-state index in [9.17, 15) is 19.5 Å². The van der Waals surface area contributed by atoms with Crippen LogP contribution in [-0.4, -0.2) is 36.9 Å². The molecule has 4 aromatic rings. The number of aromatic carboxylic acids is 1. The summed E-state index contributed by atoms with van der Waals surface area (Å²) in [5, 5.41) is 12.5. The molecule has 4 rings (SSSR count). The first kappa shape index (κ1) is 30.1. The third-order valence-corrected chi connectivity index (χ3v) is 7.91. The Kier molecular flexibility index (Phi) is 9.65. The molecule has 1 unspecified atom stereocenters. The number of carboxylic acids is 1. The van der Waals surface area contributed by atoms with E-state index < -0.39 is 11.2 Å². The highest BCUT2D eigenvalue weighted by Crippen LogP contribution is 2.30. The van der Waals surface area contributed by atoms with E-state index in [1.54, 1.807) is 6.07 Å². The second kappa shape index (κ2) is 13.2. The van der Waals surface area contributed by atoms with Gasteiger partial charge in [0.1, 0.15) is 5.82 Å². The number of rotatable bonds is 11. The number of carboxylic acid groups (broad SMARTS) is 1. The summed E-state index contributed by atoms with van der Waals surface area (Å²) in [6.07, 6.45) is 2.26. The first-order valence-corrected chi connectivity index (χ1v) is 14.8. The van der Waals surface area contributed by atoms with Crippen LogP contribution in [0.2, 0.25) is 0 Å². The van der Waals surface area contributed by atoms with Crippen molar-refractivity contribution in [3.05, 3.63) is 83.2 Å². The number of carbonyl (C=O) groups excluding carboxylic acids is 2. The lowest BCUT2D eigenvalue weighted by molar-refractivity contribution is -0.116. The van der Waals surface area contributed by atoms with Crippen LogP contribution in [0.5, 0.6) is 0 Å². The van der Waals surface area contributed by atoms with Gasteiger partial charge in [-0.25, -0.2) is 9.78 Å². The van der Waals surface area contributed by atoms with E-state index in [4.69, 9.17) is 4.98 Å². The van der Waals surface area contributed by atoms with E-state index in [2.05, 4.69) is 16.8 Å². The molecule has 0 fully saturated rings. The number of nitrogens with one attached hydrogen (secondary N) is 1. The highest BCUT2D eigenvalue weighted by Gasteiger charge is 2.23. The lowest BCUT2D eigenvalue weighted by Gasteiger charge is -2.17. The lowest BCUT2D eigenvalue weighted by atomic mass is 9.97. The monoisotopic (exact) mass is 571 g/mol. The van der Waals surface area contributed by atoms with Gasteiger partial charge in [-0.3, -0.25) is 9.59 Å². The molecule has 0 radical (unpaired) electrons. The van der Waals surface area contributed by atoms with Gasteiger partial charge in [-0.2, -0.15) is 0 Å². The zero-order valence-electron chi connectivity index (χ0n) is 24.2. The van der Waals surface area contributed by atoms with E-state index in [1.165, 1.54) is 6.92 Å². The van der Waals surface area contributed by atoms with Gasteiger partial charge in [0.15, 0.2) is 5.12 Å². The number of amides is 1. The molecule has 0 saturated heterocycles. The van der Waals surface area contributed by atoms with Crippen molar-refractivity contribution in [3.8, 4) is 11.1 Å². The predicted octanol–water partition coefficient (Wildman–Crippen LogP) is 7.34. The second-order valence-electron chi connectivity index (χ2n) is 10.8. The van der Waals surface area contributed by atoms with Crippen LogP contribution >= 0.6 is 11.8 Å². The summed E-state index contributed by atoms with van der Waals surface area (Å²) in [5.74, 6) is 0.00188. The van der Waals surface area contributed by atoms with E-state index in [0.717, 1.165) is 58.2 Å². The maximum atomic E-state index is 13.2. The van der Waals surface area contributed by atoms with Crippen LogP contribution in [0, 0.1) is 12.8 Å². The fraction of sp³-hybridized carbons (Fsp3) is 0.333. The molecule has 1 aromatic heterocycles. The number of aryl methyl sites for hydroxylation is 2. The third-order valence-electron chi connectivity index (χ3n) is 6.89. The number of carbonyl (C=O) groups is 3. The number of aromatic nitrogens is 2. The molecule has 1 atom stereocenters. The maximum absolute atomic E-state index is 13.2. The van der Waals surface area contributed by atoms with Gasteiger partial charge in [-0.15, -0.1) is 0 Å². The highest BCUT2D eigenvalue weighted by molar-refractivity contribution is 8.14. The second-order valence-corrected chi connectivity index (χ2v) is 12.2. The quantitative estimate of drug-likeness (QED) is 0.195. The Balaban J connectivity index is 1.73. The summed E-state index contributed by atoms with van der Waals surface area (Å²) in [6.45, 7) is 10.1. The van der Waals surface area contributed by atoms with Crippen LogP contribution in [0.4, 0.5) is 5.69 Å². The Hall–Kier alpha value is -3.91. The van der Waals surface area contributed by atoms with Crippen molar-refractivity contribution in [1.82, 2.24) is 9.55 Å². The molecule has 0 aliphatic carbocycles. The average Bonchev–Trinajstić information content (AvgIpc) is 3.25. The first-order chi connectivity index (χ1) is 19.6. The summed E-state index contributed by atoms with van der Waals surface area (Å²) < 4.78 is 2.11. The molecule has 41 heavy (non-hydrogen) atoms. The summed E-state index contributed by atoms with van der Waals surface area (Å²) in [5.41, 5.74) is 5.92. The molecular weight excluding hydrogens is 534 g/mol. The van der Waals surface area contributed by atoms with Crippen molar-refractivity contribution in [1.29, 1.82) is 0 Å². The molecule has 3 aromatic carbocycles. The number of hydrogen-bond acceptors (Lipinski definition) is 5. The number of nitrogens with zero attached hydrogens (tertiary/aromatic N) is 2. The molecule has 8 heteroatoms. The Morgan fingerprint density at radius 3 is 2.41 bits per heavy atom. The zero-order chi connectivity index (χ0) is 29.7. The molecule has 1 heterocycles. The van der Waals surface area contributed by atoms with Crippen LogP contribution in [0.25, 0.3) is 22.2 Å². The van der Waals surface area contributed by atoms with Crippen molar-refractivity contribution < 1.29 is 19.5 Å². The van der Waals surface area contributed by atoms with Crippen molar-refractivity contribution in [2.45, 2.75) is 65.7 Å². The molecule has 0 aliphatic rings. The smallest absolute Gasteiger partial charge is 0.336 e. The molecule has 7 nitrogen and oxygen atoms in total. The van der Waals surface area contributed by atoms with Crippen molar-refractivity contribution in [3.63, 3.8) is 0 Å². The number of anilines is 1. The van der Waals surface area contributed by atoms with Gasteiger partial charge in [-0.05, 0) is 66.1 Å². The molecule has 0 spiro atoms. The molecule has 2 N–H and O–H groups in total. The van der Waals surface area contributed by atoms with E-state index >= 15 is 0 Å². The summed E-state index contributed by atoms with van der Waals surface area (Å²) >= 11 is 1.07. The van der Waals surface area contributed by atoms with Crippen LogP contribution < -0.4 is 5.32 Å². The Morgan fingerprint density at radius 2 is 1.78 bits per heavy atom. The van der Waals surface area contributed by atoms with E-state index in [1.807, 2.05) is 75.4 Å². The minimum atomic E-state index is -0.977. The van der Waals surface area contributed by atoms with Crippen molar-refractivity contribution in [2.24, 2.45) is 5.92 Å². The van der Waals surface area contributed by atoms with Crippen LogP contribution in [0.15, 0.2) is 60.7 Å². The minimum Gasteiger partial charge on any atom is -0.478 e. The molecule has 0 bridgehead atoms. The van der Waals surface area contributed by atoms with E-state index in [-0.39, 0.29) is 22.5 Å². The summed E-state index contributed by atoms with van der Waals surface area (Å²) in [6, 6.07) is 18.9. The Bertz CT molecular complexity index is 1580. The van der Waals surface area contributed by atoms with Gasteiger partial charge in [0, 0.05) is 25.6 Å². The largest absolute Gasteiger partial charge is 0.478 e. The fourth-order valence-electron chi connectivity index (χ4n) is 5.08. The van der Waals surface area contributed by atoms with E-state index in [0.29, 0.717) is 24.2 Å². The van der Waals surface area contributed by atoms with Gasteiger partial charge in [-0.1, -0.05) is 75.0 Å². The molecule has 0 aliphatic heterocycles. The topological polar surface area (TPSA) is 101 Å². The number of hydrogen-bond donors (Lipinski definition) is 2. The predicted molar refractivity (Wildman–Crippen MR) is 167 cm³/mol. The van der Waals surface area contributed by atoms with Gasteiger partial charge in [0.2, 0.25) is 5.91 Å². The van der Waals surface area contributed by atoms with Crippen LogP contribution in [0.3, 0.4) is 0 Å². The molecule has 0 saturated carbocycles. The number of thioether (sulfide) groups is 1. The van der Waals surface area contributed by atoms with Gasteiger partial charge < -0.3 is 15.0 Å². The highest BCUT2D eigenvalue weighted by atomic mass is 32.2. The van der Waals surface area contributed by atoms with Gasteiger partial charge in [0.05, 0.1) is 21.8 Å². The number of benzene rings is 3. The number of imidazole rings is 1. The van der Waals surface area contributed by atoms with Crippen LogP contribution in [-0.2, 0) is 22.6 Å². The normalized spacial score (nSPS) is 12.0. The van der Waals surface area contributed by atoms with Gasteiger partial charge in [0.25, 0.3) is 0 Å². The average molecular weight is 572 g/mol. The SMILES string of the molecule is CCCc1nc2c(C)cc(NC(=O)C(CC(C)C)SC(C)=O)cc2n1Cc1ccc(-c2ccccc2)c(C(=O)O)c1. The Labute approximate surface area is 245 Å². The third kappa shape index (κ3) is 7.24. The standard InChI is InChI=1S/C33H37N3O4S/c1-6-10-30-35-31-21(4)16-25(34-32(38)29(15-20(2)3)41-22(5)37)18-28(31)36(30)19-23-13-14-26(27(17-23)33(39)40)24-11-8-7-9-12-24/h7-9,11-14,16-18,20,29H,6,10,15,19H2,1-5H3,(H,34,38)(H,39,40). The number of fused-ring (bicyclic) bond motifs is 1. The first-order valence-electron chi connectivity index (χ1n) is 14.0. The summed E-state index contributed by atoms with van der Waals surface area (Å²) in [4.78, 5) is 42.2. The van der Waals surface area contributed by atoms with Crippen molar-refractivity contribution in [2.75, 3.05) is 5.32 Å². The Morgan fingerprint density at radius 1 is 1.05 bits per heavy atom. The molecular formula is C33H37N3O4S.